The van der Waals surface area contributed by atoms with Gasteiger partial charge in [-0.25, -0.2) is 0 Å². The second-order valence-electron chi connectivity index (χ2n) is 4.72. The average Bonchev–Trinajstić information content (AvgIpc) is 2.29. The van der Waals surface area contributed by atoms with Gasteiger partial charge in [0.2, 0.25) is 0 Å². The van der Waals surface area contributed by atoms with Crippen molar-refractivity contribution in [3.05, 3.63) is 29.3 Å². The first kappa shape index (κ1) is 13.5. The summed E-state index contributed by atoms with van der Waals surface area (Å²) in [6.45, 7) is 6.60. The largest absolute Gasteiger partial charge is 0.496 e. The van der Waals surface area contributed by atoms with Crippen molar-refractivity contribution in [2.75, 3.05) is 13.7 Å². The van der Waals surface area contributed by atoms with E-state index in [0.717, 1.165) is 24.3 Å². The molecule has 0 aliphatic carbocycles. The molecule has 0 aromatic heterocycles. The molecule has 0 fully saturated rings. The zero-order valence-electron chi connectivity index (χ0n) is 11.0. The average molecular weight is 232 g/mol. The van der Waals surface area contributed by atoms with E-state index in [-0.39, 0.29) is 0 Å². The topological polar surface area (TPSA) is 45.0 Å². The molecule has 0 unspecified atom stereocenters. The predicted molar refractivity (Wildman–Crippen MR) is 69.1 cm³/mol. The minimum atomic E-state index is -0.457. The Hall–Kier alpha value is -1.53. The van der Waals surface area contributed by atoms with Crippen LogP contribution >= 0.6 is 0 Å². The molecule has 1 N–H and O–H groups in total. The Labute approximate surface area is 103 Å². The fourth-order valence-electron chi connectivity index (χ4n) is 1.65. The number of methoxy groups -OCH3 is 1. The number of nitriles is 1. The van der Waals surface area contributed by atoms with E-state index in [1.807, 2.05) is 26.8 Å². The molecule has 92 valence electrons. The van der Waals surface area contributed by atoms with Gasteiger partial charge in [-0.2, -0.15) is 5.26 Å². The van der Waals surface area contributed by atoms with Crippen LogP contribution in [-0.4, -0.2) is 19.2 Å². The Bertz CT molecular complexity index is 419. The third kappa shape index (κ3) is 4.08. The SMILES string of the molecule is COc1ccc(CCNC(C)(C)C#N)cc1C. The Morgan fingerprint density at radius 1 is 1.41 bits per heavy atom. The lowest BCUT2D eigenvalue weighted by atomic mass is 10.1. The van der Waals surface area contributed by atoms with Crippen LogP contribution in [0.5, 0.6) is 5.75 Å². The maximum atomic E-state index is 8.87. The maximum absolute atomic E-state index is 8.87. The van der Waals surface area contributed by atoms with Crippen molar-refractivity contribution in [2.45, 2.75) is 32.7 Å². The van der Waals surface area contributed by atoms with Crippen LogP contribution in [0.1, 0.15) is 25.0 Å². The molecule has 0 saturated heterocycles. The van der Waals surface area contributed by atoms with Crippen molar-refractivity contribution >= 4 is 0 Å². The van der Waals surface area contributed by atoms with Crippen LogP contribution in [0.2, 0.25) is 0 Å². The highest BCUT2D eigenvalue weighted by atomic mass is 16.5. The monoisotopic (exact) mass is 232 g/mol. The highest BCUT2D eigenvalue weighted by Gasteiger charge is 2.14. The summed E-state index contributed by atoms with van der Waals surface area (Å²) in [4.78, 5) is 0. The van der Waals surface area contributed by atoms with Gasteiger partial charge < -0.3 is 4.74 Å². The smallest absolute Gasteiger partial charge is 0.121 e. The van der Waals surface area contributed by atoms with Crippen molar-refractivity contribution < 1.29 is 4.74 Å². The van der Waals surface area contributed by atoms with Crippen LogP contribution < -0.4 is 10.1 Å². The molecule has 1 aromatic carbocycles. The Morgan fingerprint density at radius 3 is 2.65 bits per heavy atom. The lowest BCUT2D eigenvalue weighted by Crippen LogP contribution is -2.38. The van der Waals surface area contributed by atoms with Crippen molar-refractivity contribution in [3.63, 3.8) is 0 Å². The van der Waals surface area contributed by atoms with Gasteiger partial charge in [0.25, 0.3) is 0 Å². The quantitative estimate of drug-likeness (QED) is 0.848. The van der Waals surface area contributed by atoms with Gasteiger partial charge in [-0.3, -0.25) is 5.32 Å². The summed E-state index contributed by atoms with van der Waals surface area (Å²) in [6, 6.07) is 8.40. The van der Waals surface area contributed by atoms with E-state index in [9.17, 15) is 0 Å². The van der Waals surface area contributed by atoms with Gasteiger partial charge in [-0.15, -0.1) is 0 Å². The standard InChI is InChI=1S/C14H20N2O/c1-11-9-12(5-6-13(11)17-4)7-8-16-14(2,3)10-15/h5-6,9,16H,7-8H2,1-4H3. The Balaban J connectivity index is 2.54. The number of nitrogens with zero attached hydrogens (tertiary/aromatic N) is 1. The zero-order valence-corrected chi connectivity index (χ0v) is 11.0. The highest BCUT2D eigenvalue weighted by molar-refractivity contribution is 5.36. The summed E-state index contributed by atoms with van der Waals surface area (Å²) in [5.74, 6) is 0.916. The molecule has 3 heteroatoms. The highest BCUT2D eigenvalue weighted by Crippen LogP contribution is 2.18. The minimum absolute atomic E-state index is 0.457. The third-order valence-electron chi connectivity index (χ3n) is 2.72. The predicted octanol–water partition coefficient (Wildman–Crippen LogP) is 2.44. The molecule has 0 heterocycles. The molecule has 0 bridgehead atoms. The number of hydrogen-bond acceptors (Lipinski definition) is 3. The lowest BCUT2D eigenvalue weighted by Gasteiger charge is -2.17. The molecule has 0 amide bonds. The van der Waals surface area contributed by atoms with Gasteiger partial charge >= 0.3 is 0 Å². The molecule has 0 aliphatic heterocycles. The fourth-order valence-corrected chi connectivity index (χ4v) is 1.65. The normalized spacial score (nSPS) is 11.0. The van der Waals surface area contributed by atoms with Crippen molar-refractivity contribution in [1.29, 1.82) is 5.26 Å². The molecule has 3 nitrogen and oxygen atoms in total. The zero-order chi connectivity index (χ0) is 12.9. The van der Waals surface area contributed by atoms with E-state index in [0.29, 0.717) is 0 Å². The van der Waals surface area contributed by atoms with Crippen LogP contribution in [0.15, 0.2) is 18.2 Å². The lowest BCUT2D eigenvalue weighted by molar-refractivity contribution is 0.411. The van der Waals surface area contributed by atoms with Gasteiger partial charge in [0, 0.05) is 6.54 Å². The summed E-state index contributed by atoms with van der Waals surface area (Å²) in [5, 5.41) is 12.1. The summed E-state index contributed by atoms with van der Waals surface area (Å²) >= 11 is 0. The van der Waals surface area contributed by atoms with Crippen molar-refractivity contribution in [3.8, 4) is 11.8 Å². The summed E-state index contributed by atoms with van der Waals surface area (Å²) < 4.78 is 5.22. The number of rotatable bonds is 5. The van der Waals surface area contributed by atoms with E-state index in [2.05, 4.69) is 23.5 Å². The molecule has 0 aliphatic rings. The summed E-state index contributed by atoms with van der Waals surface area (Å²) in [5.41, 5.74) is 1.94. The van der Waals surface area contributed by atoms with Crippen LogP contribution in [-0.2, 0) is 6.42 Å². The van der Waals surface area contributed by atoms with Gasteiger partial charge in [-0.1, -0.05) is 12.1 Å². The molecular weight excluding hydrogens is 212 g/mol. The summed E-state index contributed by atoms with van der Waals surface area (Å²) in [6.07, 6.45) is 0.913. The maximum Gasteiger partial charge on any atom is 0.121 e. The van der Waals surface area contributed by atoms with E-state index < -0.39 is 5.54 Å². The third-order valence-corrected chi connectivity index (χ3v) is 2.72. The van der Waals surface area contributed by atoms with Crippen molar-refractivity contribution in [1.82, 2.24) is 5.32 Å². The van der Waals surface area contributed by atoms with Gasteiger partial charge in [0.05, 0.1) is 13.2 Å². The second-order valence-corrected chi connectivity index (χ2v) is 4.72. The Kier molecular flexibility index (Phi) is 4.53. The molecular formula is C14H20N2O. The van der Waals surface area contributed by atoms with E-state index in [4.69, 9.17) is 10.00 Å². The van der Waals surface area contributed by atoms with Crippen LogP contribution in [0.3, 0.4) is 0 Å². The van der Waals surface area contributed by atoms with Gasteiger partial charge in [0.15, 0.2) is 0 Å². The molecule has 0 saturated carbocycles. The summed E-state index contributed by atoms with van der Waals surface area (Å²) in [7, 11) is 1.68. The molecule has 0 spiro atoms. The second kappa shape index (κ2) is 5.70. The number of aryl methyl sites for hydroxylation is 1. The minimum Gasteiger partial charge on any atom is -0.496 e. The first-order valence-electron chi connectivity index (χ1n) is 5.78. The molecule has 1 aromatic rings. The van der Waals surface area contributed by atoms with Crippen LogP contribution in [0.25, 0.3) is 0 Å². The first-order valence-corrected chi connectivity index (χ1v) is 5.78. The van der Waals surface area contributed by atoms with Crippen LogP contribution in [0, 0.1) is 18.3 Å². The van der Waals surface area contributed by atoms with E-state index >= 15 is 0 Å². The van der Waals surface area contributed by atoms with Crippen LogP contribution in [0.4, 0.5) is 0 Å². The number of ether oxygens (including phenoxy) is 1. The van der Waals surface area contributed by atoms with Gasteiger partial charge in [-0.05, 0) is 44.4 Å². The molecule has 0 atom stereocenters. The Morgan fingerprint density at radius 2 is 2.12 bits per heavy atom. The molecule has 1 rings (SSSR count). The molecule has 17 heavy (non-hydrogen) atoms. The number of hydrogen-bond donors (Lipinski definition) is 1. The number of benzene rings is 1. The molecule has 0 radical (unpaired) electrons. The van der Waals surface area contributed by atoms with E-state index in [1.54, 1.807) is 7.11 Å². The van der Waals surface area contributed by atoms with Crippen molar-refractivity contribution in [2.24, 2.45) is 0 Å². The number of nitrogens with one attached hydrogen (secondary N) is 1. The first-order chi connectivity index (χ1) is 7.98. The van der Waals surface area contributed by atoms with Gasteiger partial charge in [0.1, 0.15) is 11.3 Å². The fraction of sp³-hybridized carbons (Fsp3) is 0.500. The van der Waals surface area contributed by atoms with E-state index in [1.165, 1.54) is 5.56 Å².